The maximum atomic E-state index is 11.9. The Bertz CT molecular complexity index is 719. The fraction of sp³-hybridized carbons (Fsp3) is 0.235. The van der Waals surface area contributed by atoms with Crippen molar-refractivity contribution in [3.63, 3.8) is 0 Å². The number of aromatic nitrogens is 1. The number of carbonyl (C=O) groups is 2. The number of pyridine rings is 1. The molecule has 2 aromatic rings. The zero-order valence-corrected chi connectivity index (χ0v) is 14.9. The van der Waals surface area contributed by atoms with Crippen LogP contribution in [0.15, 0.2) is 47.2 Å². The van der Waals surface area contributed by atoms with Crippen molar-refractivity contribution in [2.75, 3.05) is 13.7 Å². The summed E-state index contributed by atoms with van der Waals surface area (Å²) in [7, 11) is 1.59. The highest BCUT2D eigenvalue weighted by atomic mass is 79.9. The van der Waals surface area contributed by atoms with Crippen LogP contribution >= 0.6 is 15.9 Å². The lowest BCUT2D eigenvalue weighted by molar-refractivity contribution is -0.124. The molecular formula is C17H17BrN2O4. The summed E-state index contributed by atoms with van der Waals surface area (Å²) in [6.45, 7) is 1.49. The van der Waals surface area contributed by atoms with E-state index < -0.39 is 5.97 Å². The van der Waals surface area contributed by atoms with Crippen LogP contribution in [-0.4, -0.2) is 30.6 Å². The monoisotopic (exact) mass is 392 g/mol. The number of rotatable bonds is 6. The second kappa shape index (κ2) is 8.44. The van der Waals surface area contributed by atoms with Gasteiger partial charge in [0.1, 0.15) is 5.75 Å². The van der Waals surface area contributed by atoms with Crippen LogP contribution in [0, 0.1) is 0 Å². The molecule has 1 aromatic carbocycles. The van der Waals surface area contributed by atoms with Gasteiger partial charge in [-0.15, -0.1) is 0 Å². The van der Waals surface area contributed by atoms with Crippen LogP contribution in [0.3, 0.4) is 0 Å². The average molecular weight is 393 g/mol. The zero-order chi connectivity index (χ0) is 17.5. The fourth-order valence-electron chi connectivity index (χ4n) is 2.00. The van der Waals surface area contributed by atoms with Gasteiger partial charge in [0.2, 0.25) is 0 Å². The lowest BCUT2D eigenvalue weighted by atomic mass is 10.1. The van der Waals surface area contributed by atoms with Crippen molar-refractivity contribution in [2.24, 2.45) is 0 Å². The van der Waals surface area contributed by atoms with E-state index in [1.165, 1.54) is 6.20 Å². The number of nitrogens with one attached hydrogen (secondary N) is 1. The zero-order valence-electron chi connectivity index (χ0n) is 13.3. The molecule has 1 atom stereocenters. The molecule has 1 N–H and O–H groups in total. The molecule has 0 saturated carbocycles. The van der Waals surface area contributed by atoms with Crippen LogP contribution in [0.1, 0.15) is 28.9 Å². The maximum absolute atomic E-state index is 11.9. The van der Waals surface area contributed by atoms with Crippen LogP contribution < -0.4 is 10.1 Å². The quantitative estimate of drug-likeness (QED) is 0.764. The van der Waals surface area contributed by atoms with E-state index >= 15 is 0 Å². The number of esters is 1. The van der Waals surface area contributed by atoms with E-state index in [0.29, 0.717) is 4.47 Å². The van der Waals surface area contributed by atoms with E-state index in [1.54, 1.807) is 19.4 Å². The van der Waals surface area contributed by atoms with Crippen molar-refractivity contribution in [1.82, 2.24) is 10.3 Å². The molecule has 0 saturated heterocycles. The molecule has 1 amide bonds. The molecule has 0 bridgehead atoms. The number of carbonyl (C=O) groups excluding carboxylic acids is 2. The number of hydrogen-bond acceptors (Lipinski definition) is 5. The van der Waals surface area contributed by atoms with Crippen LogP contribution in [-0.2, 0) is 9.53 Å². The predicted molar refractivity (Wildman–Crippen MR) is 91.8 cm³/mol. The second-order valence-corrected chi connectivity index (χ2v) is 5.95. The first-order chi connectivity index (χ1) is 11.5. The highest BCUT2D eigenvalue weighted by Crippen LogP contribution is 2.17. The molecule has 0 fully saturated rings. The molecule has 6 nitrogen and oxygen atoms in total. The number of hydrogen-bond donors (Lipinski definition) is 1. The summed E-state index contributed by atoms with van der Waals surface area (Å²) in [5, 5.41) is 2.77. The highest BCUT2D eigenvalue weighted by Gasteiger charge is 2.13. The maximum Gasteiger partial charge on any atom is 0.340 e. The van der Waals surface area contributed by atoms with Gasteiger partial charge in [0.25, 0.3) is 5.91 Å². The minimum atomic E-state index is -0.601. The molecule has 0 aliphatic rings. The van der Waals surface area contributed by atoms with Gasteiger partial charge in [-0.1, -0.05) is 12.1 Å². The molecule has 126 valence electrons. The minimum Gasteiger partial charge on any atom is -0.497 e. The third-order valence-corrected chi connectivity index (χ3v) is 3.70. The molecule has 2 rings (SSSR count). The van der Waals surface area contributed by atoms with Crippen molar-refractivity contribution in [1.29, 1.82) is 0 Å². The van der Waals surface area contributed by atoms with Crippen molar-refractivity contribution in [3.05, 3.63) is 58.3 Å². The standard InChI is InChI=1S/C17H17BrN2O4/c1-11(12-3-5-15(23-2)6-4-12)20-16(21)10-24-17(22)13-7-14(18)9-19-8-13/h3-9,11H,10H2,1-2H3,(H,20,21)/t11-/m0/s1. The SMILES string of the molecule is COc1ccc([C@H](C)NC(=O)COC(=O)c2cncc(Br)c2)cc1. The van der Waals surface area contributed by atoms with Crippen molar-refractivity contribution >= 4 is 27.8 Å². The van der Waals surface area contributed by atoms with E-state index in [0.717, 1.165) is 11.3 Å². The number of ether oxygens (including phenoxy) is 2. The number of halogens is 1. The van der Waals surface area contributed by atoms with Crippen LogP contribution in [0.5, 0.6) is 5.75 Å². The van der Waals surface area contributed by atoms with Gasteiger partial charge in [0.05, 0.1) is 18.7 Å². The Morgan fingerprint density at radius 2 is 1.96 bits per heavy atom. The van der Waals surface area contributed by atoms with Gasteiger partial charge in [-0.05, 0) is 46.6 Å². The van der Waals surface area contributed by atoms with Crippen LogP contribution in [0.25, 0.3) is 0 Å². The number of methoxy groups -OCH3 is 1. The smallest absolute Gasteiger partial charge is 0.340 e. The fourth-order valence-corrected chi connectivity index (χ4v) is 2.36. The van der Waals surface area contributed by atoms with E-state index in [9.17, 15) is 9.59 Å². The molecule has 0 aliphatic heterocycles. The third kappa shape index (κ3) is 5.06. The van der Waals surface area contributed by atoms with E-state index in [2.05, 4.69) is 26.2 Å². The molecule has 0 radical (unpaired) electrons. The normalized spacial score (nSPS) is 11.5. The molecule has 0 aliphatic carbocycles. The Labute approximate surface area is 148 Å². The van der Waals surface area contributed by atoms with Gasteiger partial charge in [-0.3, -0.25) is 9.78 Å². The summed E-state index contributed by atoms with van der Waals surface area (Å²) in [6, 6.07) is 8.73. The van der Waals surface area contributed by atoms with Gasteiger partial charge in [-0.25, -0.2) is 4.79 Å². The summed E-state index contributed by atoms with van der Waals surface area (Å²) >= 11 is 3.22. The Kier molecular flexibility index (Phi) is 6.31. The Morgan fingerprint density at radius 1 is 1.25 bits per heavy atom. The van der Waals surface area contributed by atoms with E-state index in [1.807, 2.05) is 31.2 Å². The summed E-state index contributed by atoms with van der Waals surface area (Å²) in [5.41, 5.74) is 1.20. The number of benzene rings is 1. The van der Waals surface area contributed by atoms with Crippen LogP contribution in [0.4, 0.5) is 0 Å². The Balaban J connectivity index is 1.85. The molecule has 0 unspecified atom stereocenters. The van der Waals surface area contributed by atoms with Gasteiger partial charge < -0.3 is 14.8 Å². The number of amides is 1. The number of nitrogens with zero attached hydrogens (tertiary/aromatic N) is 1. The lowest BCUT2D eigenvalue weighted by Crippen LogP contribution is -2.31. The van der Waals surface area contributed by atoms with Gasteiger partial charge >= 0.3 is 5.97 Å². The molecule has 1 aromatic heterocycles. The second-order valence-electron chi connectivity index (χ2n) is 5.03. The topological polar surface area (TPSA) is 77.5 Å². The molecule has 0 spiro atoms. The lowest BCUT2D eigenvalue weighted by Gasteiger charge is -2.15. The van der Waals surface area contributed by atoms with E-state index in [4.69, 9.17) is 9.47 Å². The average Bonchev–Trinajstić information content (AvgIpc) is 2.59. The summed E-state index contributed by atoms with van der Waals surface area (Å²) in [4.78, 5) is 27.6. The van der Waals surface area contributed by atoms with E-state index in [-0.39, 0.29) is 24.1 Å². The Morgan fingerprint density at radius 3 is 2.58 bits per heavy atom. The molecule has 24 heavy (non-hydrogen) atoms. The highest BCUT2D eigenvalue weighted by molar-refractivity contribution is 9.10. The Hall–Kier alpha value is -2.41. The van der Waals surface area contributed by atoms with Crippen molar-refractivity contribution in [3.8, 4) is 5.75 Å². The van der Waals surface area contributed by atoms with Crippen LogP contribution in [0.2, 0.25) is 0 Å². The van der Waals surface area contributed by atoms with Gasteiger partial charge in [-0.2, -0.15) is 0 Å². The molecular weight excluding hydrogens is 376 g/mol. The first kappa shape index (κ1) is 17.9. The van der Waals surface area contributed by atoms with Crippen molar-refractivity contribution in [2.45, 2.75) is 13.0 Å². The first-order valence-corrected chi connectivity index (χ1v) is 8.00. The summed E-state index contributed by atoms with van der Waals surface area (Å²) in [6.07, 6.45) is 2.94. The molecule has 1 heterocycles. The van der Waals surface area contributed by atoms with Crippen molar-refractivity contribution < 1.29 is 19.1 Å². The molecule has 7 heteroatoms. The largest absolute Gasteiger partial charge is 0.497 e. The third-order valence-electron chi connectivity index (χ3n) is 3.27. The van der Waals surface area contributed by atoms with Gasteiger partial charge in [0.15, 0.2) is 6.61 Å². The van der Waals surface area contributed by atoms with Gasteiger partial charge in [0, 0.05) is 16.9 Å². The summed E-state index contributed by atoms with van der Waals surface area (Å²) < 4.78 is 10.7. The summed E-state index contributed by atoms with van der Waals surface area (Å²) in [5.74, 6) is -0.237. The first-order valence-electron chi connectivity index (χ1n) is 7.20. The predicted octanol–water partition coefficient (Wildman–Crippen LogP) is 2.89. The minimum absolute atomic E-state index is 0.213.